The molecule has 0 amide bonds. The summed E-state index contributed by atoms with van der Waals surface area (Å²) in [4.78, 5) is 5.23. The maximum absolute atomic E-state index is 6.35. The highest BCUT2D eigenvalue weighted by molar-refractivity contribution is 7.99. The molecule has 108 valence electrons. The van der Waals surface area contributed by atoms with E-state index in [4.69, 9.17) is 16.0 Å². The molecule has 1 unspecified atom stereocenters. The average Bonchev–Trinajstić information content (AvgIpc) is 2.83. The van der Waals surface area contributed by atoms with Crippen molar-refractivity contribution in [1.82, 2.24) is 10.3 Å². The van der Waals surface area contributed by atoms with Gasteiger partial charge >= 0.3 is 0 Å². The van der Waals surface area contributed by atoms with E-state index in [2.05, 4.69) is 30.2 Å². The molecule has 1 aromatic carbocycles. The fourth-order valence-electron chi connectivity index (χ4n) is 1.82. The van der Waals surface area contributed by atoms with Crippen molar-refractivity contribution in [3.63, 3.8) is 0 Å². The second-order valence-corrected chi connectivity index (χ2v) is 6.12. The molecule has 2 aromatic rings. The molecule has 0 aliphatic carbocycles. The van der Waals surface area contributed by atoms with E-state index in [0.717, 1.165) is 28.6 Å². The number of rotatable bonds is 6. The summed E-state index contributed by atoms with van der Waals surface area (Å²) >= 11 is 7.79. The number of hydrogen-bond acceptors (Lipinski definition) is 4. The summed E-state index contributed by atoms with van der Waals surface area (Å²) in [6.07, 6.45) is 2.76. The zero-order chi connectivity index (χ0) is 14.5. The molecule has 0 radical (unpaired) electrons. The van der Waals surface area contributed by atoms with Crippen molar-refractivity contribution in [2.24, 2.45) is 0 Å². The van der Waals surface area contributed by atoms with E-state index in [-0.39, 0.29) is 0 Å². The van der Waals surface area contributed by atoms with Crippen molar-refractivity contribution in [1.29, 1.82) is 0 Å². The average molecular weight is 311 g/mol. The van der Waals surface area contributed by atoms with Gasteiger partial charge in [-0.2, -0.15) is 0 Å². The lowest BCUT2D eigenvalue weighted by Gasteiger charge is -2.14. The zero-order valence-electron chi connectivity index (χ0n) is 11.9. The minimum Gasteiger partial charge on any atom is -0.439 e. The predicted octanol–water partition coefficient (Wildman–Crippen LogP) is 4.85. The third-order valence-electron chi connectivity index (χ3n) is 2.95. The highest BCUT2D eigenvalue weighted by atomic mass is 35.5. The minimum atomic E-state index is 0.301. The molecule has 20 heavy (non-hydrogen) atoms. The van der Waals surface area contributed by atoms with Crippen LogP contribution in [0.15, 0.2) is 39.0 Å². The van der Waals surface area contributed by atoms with Crippen molar-refractivity contribution in [2.75, 3.05) is 6.54 Å². The van der Waals surface area contributed by atoms with Crippen molar-refractivity contribution in [3.05, 3.63) is 40.7 Å². The Bertz CT molecular complexity index is 571. The Labute approximate surface area is 129 Å². The SMILES string of the molecule is CCCNC(C)c1ccc(Sc2nc(C)co2)c(Cl)c1. The Hall–Kier alpha value is -0.970. The van der Waals surface area contributed by atoms with Gasteiger partial charge in [0.15, 0.2) is 0 Å². The van der Waals surface area contributed by atoms with E-state index >= 15 is 0 Å². The van der Waals surface area contributed by atoms with Gasteiger partial charge in [0.1, 0.15) is 6.26 Å². The second kappa shape index (κ2) is 7.16. The Kier molecular flexibility index (Phi) is 5.52. The van der Waals surface area contributed by atoms with Crippen molar-refractivity contribution in [2.45, 2.75) is 43.4 Å². The molecule has 0 saturated carbocycles. The van der Waals surface area contributed by atoms with E-state index < -0.39 is 0 Å². The predicted molar refractivity (Wildman–Crippen MR) is 83.5 cm³/mol. The van der Waals surface area contributed by atoms with Crippen LogP contribution in [0.2, 0.25) is 5.02 Å². The van der Waals surface area contributed by atoms with Crippen molar-refractivity contribution in [3.8, 4) is 0 Å². The van der Waals surface area contributed by atoms with Crippen LogP contribution in [0.5, 0.6) is 0 Å². The van der Waals surface area contributed by atoms with Crippen LogP contribution in [-0.4, -0.2) is 11.5 Å². The van der Waals surface area contributed by atoms with Gasteiger partial charge in [-0.3, -0.25) is 0 Å². The third kappa shape index (κ3) is 4.01. The van der Waals surface area contributed by atoms with Crippen LogP contribution in [0.4, 0.5) is 0 Å². The lowest BCUT2D eigenvalue weighted by molar-refractivity contribution is 0.454. The Morgan fingerprint density at radius 2 is 2.25 bits per heavy atom. The van der Waals surface area contributed by atoms with Gasteiger partial charge in [-0.1, -0.05) is 24.6 Å². The highest BCUT2D eigenvalue weighted by Crippen LogP contribution is 2.34. The molecule has 3 nitrogen and oxygen atoms in total. The van der Waals surface area contributed by atoms with Crippen LogP contribution in [0, 0.1) is 6.92 Å². The molecule has 1 aromatic heterocycles. The summed E-state index contributed by atoms with van der Waals surface area (Å²) in [5.74, 6) is 0. The number of nitrogens with one attached hydrogen (secondary N) is 1. The lowest BCUT2D eigenvalue weighted by atomic mass is 10.1. The lowest BCUT2D eigenvalue weighted by Crippen LogP contribution is -2.19. The summed E-state index contributed by atoms with van der Waals surface area (Å²) in [6.45, 7) is 7.21. The molecular formula is C15H19ClN2OS. The molecule has 0 saturated heterocycles. The van der Waals surface area contributed by atoms with Gasteiger partial charge in [0.2, 0.25) is 0 Å². The molecule has 0 aliphatic rings. The standard InChI is InChI=1S/C15H19ClN2OS/c1-4-7-17-11(3)12-5-6-14(13(16)8-12)20-15-18-10(2)9-19-15/h5-6,8-9,11,17H,4,7H2,1-3H3. The van der Waals surface area contributed by atoms with Gasteiger partial charge in [-0.05, 0) is 56.3 Å². The first-order valence-corrected chi connectivity index (χ1v) is 7.92. The molecule has 0 bridgehead atoms. The fourth-order valence-corrected chi connectivity index (χ4v) is 2.89. The highest BCUT2D eigenvalue weighted by Gasteiger charge is 2.10. The van der Waals surface area contributed by atoms with E-state index in [1.165, 1.54) is 17.3 Å². The van der Waals surface area contributed by atoms with E-state index in [0.29, 0.717) is 11.3 Å². The van der Waals surface area contributed by atoms with E-state index in [9.17, 15) is 0 Å². The Balaban J connectivity index is 2.09. The molecular weight excluding hydrogens is 292 g/mol. The second-order valence-electron chi connectivity index (χ2n) is 4.72. The molecule has 2 rings (SSSR count). The van der Waals surface area contributed by atoms with Gasteiger partial charge in [0.05, 0.1) is 10.7 Å². The number of halogens is 1. The van der Waals surface area contributed by atoms with Crippen LogP contribution >= 0.6 is 23.4 Å². The molecule has 0 fully saturated rings. The Morgan fingerprint density at radius 3 is 2.85 bits per heavy atom. The molecule has 1 atom stereocenters. The minimum absolute atomic E-state index is 0.301. The third-order valence-corrected chi connectivity index (χ3v) is 4.31. The van der Waals surface area contributed by atoms with Crippen LogP contribution in [0.1, 0.15) is 37.6 Å². The number of aromatic nitrogens is 1. The van der Waals surface area contributed by atoms with Crippen LogP contribution < -0.4 is 5.32 Å². The van der Waals surface area contributed by atoms with E-state index in [1.807, 2.05) is 19.1 Å². The van der Waals surface area contributed by atoms with Crippen LogP contribution in [0.3, 0.4) is 0 Å². The van der Waals surface area contributed by atoms with Gasteiger partial charge in [0.25, 0.3) is 5.22 Å². The topological polar surface area (TPSA) is 38.1 Å². The smallest absolute Gasteiger partial charge is 0.260 e. The monoisotopic (exact) mass is 310 g/mol. The number of oxazole rings is 1. The van der Waals surface area contributed by atoms with E-state index in [1.54, 1.807) is 6.26 Å². The normalized spacial score (nSPS) is 12.6. The van der Waals surface area contributed by atoms with Crippen LogP contribution in [0.25, 0.3) is 0 Å². The van der Waals surface area contributed by atoms with Crippen molar-refractivity contribution >= 4 is 23.4 Å². The molecule has 1 N–H and O–H groups in total. The first-order chi connectivity index (χ1) is 9.60. The molecule has 1 heterocycles. The Morgan fingerprint density at radius 1 is 1.45 bits per heavy atom. The first-order valence-electron chi connectivity index (χ1n) is 6.73. The number of aryl methyl sites for hydroxylation is 1. The van der Waals surface area contributed by atoms with Gasteiger partial charge in [-0.25, -0.2) is 4.98 Å². The molecule has 5 heteroatoms. The fraction of sp³-hybridized carbons (Fsp3) is 0.400. The van der Waals surface area contributed by atoms with Crippen LogP contribution in [-0.2, 0) is 0 Å². The maximum Gasteiger partial charge on any atom is 0.260 e. The number of hydrogen-bond donors (Lipinski definition) is 1. The first kappa shape index (κ1) is 15.4. The summed E-state index contributed by atoms with van der Waals surface area (Å²) in [5.41, 5.74) is 2.06. The number of benzene rings is 1. The zero-order valence-corrected chi connectivity index (χ0v) is 13.5. The van der Waals surface area contributed by atoms with Gasteiger partial charge in [0, 0.05) is 10.9 Å². The summed E-state index contributed by atoms with van der Waals surface area (Å²) < 4.78 is 5.33. The molecule has 0 aliphatic heterocycles. The van der Waals surface area contributed by atoms with Gasteiger partial charge in [-0.15, -0.1) is 0 Å². The summed E-state index contributed by atoms with van der Waals surface area (Å²) in [6, 6.07) is 6.42. The number of nitrogens with zero attached hydrogens (tertiary/aromatic N) is 1. The summed E-state index contributed by atoms with van der Waals surface area (Å²) in [5, 5.41) is 4.80. The molecule has 0 spiro atoms. The maximum atomic E-state index is 6.35. The largest absolute Gasteiger partial charge is 0.439 e. The summed E-state index contributed by atoms with van der Waals surface area (Å²) in [7, 11) is 0. The van der Waals surface area contributed by atoms with Crippen molar-refractivity contribution < 1.29 is 4.42 Å². The van der Waals surface area contributed by atoms with Gasteiger partial charge < -0.3 is 9.73 Å². The quantitative estimate of drug-likeness (QED) is 0.828.